The normalized spacial score (nSPS) is 20.4. The van der Waals surface area contributed by atoms with E-state index in [1.165, 1.54) is 0 Å². The molecule has 1 aromatic heterocycles. The molecule has 5 rings (SSSR count). The van der Waals surface area contributed by atoms with Gasteiger partial charge in [0.25, 0.3) is 11.8 Å². The average Bonchev–Trinajstić information content (AvgIpc) is 3.26. The number of aromatic nitrogens is 1. The van der Waals surface area contributed by atoms with Crippen molar-refractivity contribution in [2.45, 2.75) is 58.7 Å². The Bertz CT molecular complexity index is 1270. The zero-order chi connectivity index (χ0) is 25.6. The van der Waals surface area contributed by atoms with Crippen LogP contribution in [0, 0.1) is 12.3 Å². The number of likely N-dealkylation sites (tertiary alicyclic amines) is 2. The van der Waals surface area contributed by atoms with Crippen LogP contribution in [-0.4, -0.2) is 63.7 Å². The number of hydrogen-bond donors (Lipinski definition) is 2. The predicted molar refractivity (Wildman–Crippen MR) is 140 cm³/mol. The third kappa shape index (κ3) is 4.38. The lowest BCUT2D eigenvalue weighted by Crippen LogP contribution is -2.73. The van der Waals surface area contributed by atoms with E-state index in [2.05, 4.69) is 10.3 Å². The summed E-state index contributed by atoms with van der Waals surface area (Å²) < 4.78 is 0. The van der Waals surface area contributed by atoms with Crippen molar-refractivity contribution in [1.82, 2.24) is 20.1 Å². The lowest BCUT2D eigenvalue weighted by molar-refractivity contribution is -0.152. The molecule has 188 valence electrons. The zero-order valence-corrected chi connectivity index (χ0v) is 21.4. The number of carbonyl (C=O) groups is 3. The molecule has 1 unspecified atom stereocenters. The molecule has 0 radical (unpaired) electrons. The molecule has 0 saturated carbocycles. The molecule has 3 heterocycles. The van der Waals surface area contributed by atoms with E-state index in [1.54, 1.807) is 0 Å². The second kappa shape index (κ2) is 9.12. The first-order valence-electron chi connectivity index (χ1n) is 12.7. The van der Waals surface area contributed by atoms with Crippen LogP contribution in [-0.2, 0) is 4.79 Å². The summed E-state index contributed by atoms with van der Waals surface area (Å²) in [5.74, 6) is -0.356. The number of H-pyrrole nitrogens is 1. The summed E-state index contributed by atoms with van der Waals surface area (Å²) in [5.41, 5.74) is 2.64. The van der Waals surface area contributed by atoms with Gasteiger partial charge in [0, 0.05) is 29.6 Å². The van der Waals surface area contributed by atoms with E-state index in [-0.39, 0.29) is 29.8 Å². The minimum absolute atomic E-state index is 0.0153. The number of nitrogens with one attached hydrogen (secondary N) is 2. The Morgan fingerprint density at radius 2 is 1.72 bits per heavy atom. The van der Waals surface area contributed by atoms with Gasteiger partial charge in [0.05, 0.1) is 12.1 Å². The number of benzene rings is 2. The molecule has 3 amide bonds. The molecule has 7 nitrogen and oxygen atoms in total. The smallest absolute Gasteiger partial charge is 0.268 e. The minimum atomic E-state index is -0.680. The standard InChI is InChI=1S/C29H34N4O3/c1-18-11-13-19(14-12-18)27(35)32-15-7-10-23-24(32)17-33(23)28(36)25(29(2,3)4)31-26(34)22-16-20-8-5-6-9-21(20)30-22/h5-6,8-9,11-14,16,23-25,30H,7,10,15,17H2,1-4H3,(H,31,34)/t23?,24-,25-/m1/s1. The van der Waals surface area contributed by atoms with Gasteiger partial charge in [-0.25, -0.2) is 0 Å². The fraction of sp³-hybridized carbons (Fsp3) is 0.414. The first-order valence-corrected chi connectivity index (χ1v) is 12.7. The van der Waals surface area contributed by atoms with Crippen LogP contribution in [0.1, 0.15) is 60.0 Å². The highest BCUT2D eigenvalue weighted by atomic mass is 16.2. The molecule has 2 aromatic carbocycles. The molecule has 2 aliphatic heterocycles. The van der Waals surface area contributed by atoms with Gasteiger partial charge in [-0.1, -0.05) is 56.7 Å². The van der Waals surface area contributed by atoms with Crippen LogP contribution in [0.2, 0.25) is 0 Å². The highest BCUT2D eigenvalue weighted by Gasteiger charge is 2.51. The van der Waals surface area contributed by atoms with Crippen molar-refractivity contribution < 1.29 is 14.4 Å². The maximum atomic E-state index is 13.7. The molecule has 0 bridgehead atoms. The molecule has 2 saturated heterocycles. The molecule has 0 aliphatic carbocycles. The van der Waals surface area contributed by atoms with Crippen molar-refractivity contribution in [3.05, 3.63) is 71.4 Å². The van der Waals surface area contributed by atoms with Gasteiger partial charge in [0.15, 0.2) is 0 Å². The Morgan fingerprint density at radius 1 is 1.00 bits per heavy atom. The summed E-state index contributed by atoms with van der Waals surface area (Å²) in [6, 6.07) is 16.5. The maximum Gasteiger partial charge on any atom is 0.268 e. The van der Waals surface area contributed by atoms with Gasteiger partial charge in [-0.2, -0.15) is 0 Å². The summed E-state index contributed by atoms with van der Waals surface area (Å²) in [6.45, 7) is 9.10. The Morgan fingerprint density at radius 3 is 2.42 bits per heavy atom. The van der Waals surface area contributed by atoms with Gasteiger partial charge >= 0.3 is 0 Å². The first kappa shape index (κ1) is 24.1. The van der Waals surface area contributed by atoms with Crippen LogP contribution in [0.3, 0.4) is 0 Å². The Hall–Kier alpha value is -3.61. The lowest BCUT2D eigenvalue weighted by atomic mass is 9.81. The number of fused-ring (bicyclic) bond motifs is 2. The second-order valence-corrected chi connectivity index (χ2v) is 11.2. The third-order valence-corrected chi connectivity index (χ3v) is 7.53. The predicted octanol–water partition coefficient (Wildman–Crippen LogP) is 4.14. The Balaban J connectivity index is 1.30. The number of carbonyl (C=O) groups excluding carboxylic acids is 3. The molecular weight excluding hydrogens is 452 g/mol. The van der Waals surface area contributed by atoms with Crippen molar-refractivity contribution in [1.29, 1.82) is 0 Å². The van der Waals surface area contributed by atoms with E-state index in [9.17, 15) is 14.4 Å². The molecule has 2 aliphatic rings. The lowest BCUT2D eigenvalue weighted by Gasteiger charge is -2.56. The highest BCUT2D eigenvalue weighted by molar-refractivity contribution is 6.00. The summed E-state index contributed by atoms with van der Waals surface area (Å²) in [6.07, 6.45) is 1.71. The number of nitrogens with zero attached hydrogens (tertiary/aromatic N) is 2. The largest absolute Gasteiger partial charge is 0.351 e. The molecule has 3 aromatic rings. The minimum Gasteiger partial charge on any atom is -0.351 e. The van der Waals surface area contributed by atoms with Gasteiger partial charge in [0.1, 0.15) is 11.7 Å². The van der Waals surface area contributed by atoms with Crippen LogP contribution in [0.5, 0.6) is 0 Å². The van der Waals surface area contributed by atoms with Crippen LogP contribution >= 0.6 is 0 Å². The van der Waals surface area contributed by atoms with Crippen molar-refractivity contribution in [3.8, 4) is 0 Å². The molecule has 2 N–H and O–H groups in total. The molecule has 0 spiro atoms. The fourth-order valence-corrected chi connectivity index (χ4v) is 5.41. The van der Waals surface area contributed by atoms with Crippen molar-refractivity contribution >= 4 is 28.6 Å². The van der Waals surface area contributed by atoms with Gasteiger partial charge < -0.3 is 20.1 Å². The van der Waals surface area contributed by atoms with E-state index in [4.69, 9.17) is 0 Å². The molecule has 3 atom stereocenters. The Labute approximate surface area is 211 Å². The van der Waals surface area contributed by atoms with E-state index in [0.29, 0.717) is 24.3 Å². The monoisotopic (exact) mass is 486 g/mol. The maximum absolute atomic E-state index is 13.7. The van der Waals surface area contributed by atoms with E-state index < -0.39 is 11.5 Å². The number of hydrogen-bond acceptors (Lipinski definition) is 3. The van der Waals surface area contributed by atoms with E-state index in [0.717, 1.165) is 29.3 Å². The molecule has 36 heavy (non-hydrogen) atoms. The summed E-state index contributed by atoms with van der Waals surface area (Å²) in [4.78, 5) is 47.0. The quantitative estimate of drug-likeness (QED) is 0.581. The molecular formula is C29H34N4O3. The summed E-state index contributed by atoms with van der Waals surface area (Å²) >= 11 is 0. The van der Waals surface area contributed by atoms with Crippen molar-refractivity contribution in [3.63, 3.8) is 0 Å². The third-order valence-electron chi connectivity index (χ3n) is 7.53. The number of aryl methyl sites for hydroxylation is 1. The van der Waals surface area contributed by atoms with Crippen LogP contribution in [0.4, 0.5) is 0 Å². The van der Waals surface area contributed by atoms with Gasteiger partial charge in [-0.05, 0) is 49.4 Å². The first-order chi connectivity index (χ1) is 17.1. The van der Waals surface area contributed by atoms with Crippen molar-refractivity contribution in [2.75, 3.05) is 13.1 Å². The summed E-state index contributed by atoms with van der Waals surface area (Å²) in [5, 5.41) is 3.95. The van der Waals surface area contributed by atoms with Crippen LogP contribution in [0.15, 0.2) is 54.6 Å². The van der Waals surface area contributed by atoms with Crippen LogP contribution < -0.4 is 5.32 Å². The SMILES string of the molecule is Cc1ccc(C(=O)N2CCCC3[C@H]2CN3C(=O)[C@@H](NC(=O)c2cc3ccccc3[nH]2)C(C)(C)C)cc1. The van der Waals surface area contributed by atoms with Crippen molar-refractivity contribution in [2.24, 2.45) is 5.41 Å². The zero-order valence-electron chi connectivity index (χ0n) is 21.4. The van der Waals surface area contributed by atoms with E-state index in [1.807, 2.05) is 92.1 Å². The number of rotatable bonds is 4. The van der Waals surface area contributed by atoms with Crippen LogP contribution in [0.25, 0.3) is 10.9 Å². The number of amides is 3. The second-order valence-electron chi connectivity index (χ2n) is 11.2. The van der Waals surface area contributed by atoms with Gasteiger partial charge in [-0.3, -0.25) is 14.4 Å². The topological polar surface area (TPSA) is 85.5 Å². The summed E-state index contributed by atoms with van der Waals surface area (Å²) in [7, 11) is 0. The number of aromatic amines is 1. The molecule has 2 fully saturated rings. The van der Waals surface area contributed by atoms with Gasteiger partial charge in [-0.15, -0.1) is 0 Å². The van der Waals surface area contributed by atoms with E-state index >= 15 is 0 Å². The average molecular weight is 487 g/mol. The number of para-hydroxylation sites is 1. The van der Waals surface area contributed by atoms with Gasteiger partial charge in [0.2, 0.25) is 5.91 Å². The highest BCUT2D eigenvalue weighted by Crippen LogP contribution is 2.35. The molecule has 7 heteroatoms. The Kier molecular flexibility index (Phi) is 6.10. The number of piperidine rings is 1. The fourth-order valence-electron chi connectivity index (χ4n) is 5.41.